The molecule has 6 heteroatoms. The number of benzene rings is 1. The van der Waals surface area contributed by atoms with Crippen molar-refractivity contribution in [3.63, 3.8) is 0 Å². The first-order chi connectivity index (χ1) is 12.5. The first-order valence-electron chi connectivity index (χ1n) is 8.40. The highest BCUT2D eigenvalue weighted by Gasteiger charge is 2.16. The summed E-state index contributed by atoms with van der Waals surface area (Å²) in [5.74, 6) is 1.06. The maximum absolute atomic E-state index is 12.3. The Morgan fingerprint density at radius 3 is 2.88 bits per heavy atom. The summed E-state index contributed by atoms with van der Waals surface area (Å²) in [6, 6.07) is 11.4. The van der Waals surface area contributed by atoms with E-state index in [4.69, 9.17) is 9.26 Å². The van der Waals surface area contributed by atoms with Crippen molar-refractivity contribution < 1.29 is 14.1 Å². The summed E-state index contributed by atoms with van der Waals surface area (Å²) in [4.78, 5) is 16.3. The molecule has 1 amide bonds. The number of nitrogens with zero attached hydrogens (tertiary/aromatic N) is 2. The molecule has 0 spiro atoms. The SMILES string of the molecule is Cc1ccc(C)c(OC(C)C(=O)NCc2cc(-c3cccnc3)no2)c1. The zero-order chi connectivity index (χ0) is 18.5. The van der Waals surface area contributed by atoms with Gasteiger partial charge in [-0.05, 0) is 50.1 Å². The quantitative estimate of drug-likeness (QED) is 0.736. The van der Waals surface area contributed by atoms with Gasteiger partial charge < -0.3 is 14.6 Å². The predicted octanol–water partition coefficient (Wildman–Crippen LogP) is 3.44. The van der Waals surface area contributed by atoms with Crippen LogP contribution in [0.1, 0.15) is 23.8 Å². The number of carbonyl (C=O) groups is 1. The Balaban J connectivity index is 1.57. The fraction of sp³-hybridized carbons (Fsp3) is 0.250. The van der Waals surface area contributed by atoms with E-state index >= 15 is 0 Å². The standard InChI is InChI=1S/C20H21N3O3/c1-13-6-7-14(2)19(9-13)25-15(3)20(24)22-12-17-10-18(23-26-17)16-5-4-8-21-11-16/h4-11,15H,12H2,1-3H3,(H,22,24). The van der Waals surface area contributed by atoms with E-state index in [1.54, 1.807) is 25.4 Å². The third kappa shape index (κ3) is 4.27. The molecule has 0 bridgehead atoms. The van der Waals surface area contributed by atoms with Gasteiger partial charge in [-0.2, -0.15) is 0 Å². The van der Waals surface area contributed by atoms with Crippen molar-refractivity contribution in [2.45, 2.75) is 33.4 Å². The van der Waals surface area contributed by atoms with Crippen molar-refractivity contribution in [3.05, 3.63) is 65.7 Å². The predicted molar refractivity (Wildman–Crippen MR) is 97.6 cm³/mol. The van der Waals surface area contributed by atoms with Crippen LogP contribution in [0.2, 0.25) is 0 Å². The average molecular weight is 351 g/mol. The number of ether oxygens (including phenoxy) is 1. The van der Waals surface area contributed by atoms with Gasteiger partial charge in [0.25, 0.3) is 5.91 Å². The van der Waals surface area contributed by atoms with Crippen LogP contribution in [0, 0.1) is 13.8 Å². The summed E-state index contributed by atoms with van der Waals surface area (Å²) in [6.07, 6.45) is 2.79. The Bertz CT molecular complexity index is 890. The van der Waals surface area contributed by atoms with Gasteiger partial charge in [-0.25, -0.2) is 0 Å². The van der Waals surface area contributed by atoms with Crippen molar-refractivity contribution in [2.75, 3.05) is 0 Å². The third-order valence-corrected chi connectivity index (χ3v) is 3.97. The van der Waals surface area contributed by atoms with E-state index in [1.165, 1.54) is 0 Å². The molecule has 6 nitrogen and oxygen atoms in total. The van der Waals surface area contributed by atoms with Gasteiger partial charge >= 0.3 is 0 Å². The van der Waals surface area contributed by atoms with E-state index in [9.17, 15) is 4.79 Å². The first kappa shape index (κ1) is 17.7. The lowest BCUT2D eigenvalue weighted by molar-refractivity contribution is -0.127. The van der Waals surface area contributed by atoms with Crippen LogP contribution in [0.25, 0.3) is 11.3 Å². The molecule has 1 aromatic carbocycles. The van der Waals surface area contributed by atoms with E-state index in [0.29, 0.717) is 17.2 Å². The van der Waals surface area contributed by atoms with Crippen molar-refractivity contribution in [3.8, 4) is 17.0 Å². The maximum Gasteiger partial charge on any atom is 0.261 e. The van der Waals surface area contributed by atoms with Gasteiger partial charge in [0, 0.05) is 24.0 Å². The molecular weight excluding hydrogens is 330 g/mol. The Morgan fingerprint density at radius 1 is 1.27 bits per heavy atom. The highest BCUT2D eigenvalue weighted by molar-refractivity contribution is 5.80. The Hall–Kier alpha value is -3.15. The Labute approximate surface area is 152 Å². The summed E-state index contributed by atoms with van der Waals surface area (Å²) in [5.41, 5.74) is 3.62. The van der Waals surface area contributed by atoms with E-state index in [0.717, 1.165) is 16.7 Å². The number of rotatable bonds is 6. The van der Waals surface area contributed by atoms with Gasteiger partial charge in [0.15, 0.2) is 11.9 Å². The monoisotopic (exact) mass is 351 g/mol. The number of aryl methyl sites for hydroxylation is 2. The molecule has 0 aliphatic rings. The summed E-state index contributed by atoms with van der Waals surface area (Å²) in [5, 5.41) is 6.81. The molecule has 2 heterocycles. The topological polar surface area (TPSA) is 77.2 Å². The largest absolute Gasteiger partial charge is 0.481 e. The van der Waals surface area contributed by atoms with Crippen LogP contribution in [0.4, 0.5) is 0 Å². The van der Waals surface area contributed by atoms with Crippen molar-refractivity contribution >= 4 is 5.91 Å². The van der Waals surface area contributed by atoms with Crippen molar-refractivity contribution in [1.29, 1.82) is 0 Å². The third-order valence-electron chi connectivity index (χ3n) is 3.97. The zero-order valence-corrected chi connectivity index (χ0v) is 15.0. The van der Waals surface area contributed by atoms with E-state index in [2.05, 4.69) is 15.5 Å². The number of nitrogens with one attached hydrogen (secondary N) is 1. The van der Waals surface area contributed by atoms with Crippen LogP contribution >= 0.6 is 0 Å². The fourth-order valence-corrected chi connectivity index (χ4v) is 2.44. The van der Waals surface area contributed by atoms with E-state index < -0.39 is 6.10 Å². The van der Waals surface area contributed by atoms with Gasteiger partial charge in [-0.3, -0.25) is 9.78 Å². The summed E-state index contributed by atoms with van der Waals surface area (Å²) < 4.78 is 11.1. The van der Waals surface area contributed by atoms with Crippen molar-refractivity contribution in [2.24, 2.45) is 0 Å². The molecule has 3 rings (SSSR count). The lowest BCUT2D eigenvalue weighted by Crippen LogP contribution is -2.36. The maximum atomic E-state index is 12.3. The number of aromatic nitrogens is 2. The van der Waals surface area contributed by atoms with Gasteiger partial charge in [-0.1, -0.05) is 17.3 Å². The van der Waals surface area contributed by atoms with Crippen LogP contribution in [0.15, 0.2) is 53.3 Å². The molecule has 0 saturated heterocycles. The average Bonchev–Trinajstić information content (AvgIpc) is 3.12. The van der Waals surface area contributed by atoms with Crippen LogP contribution in [-0.4, -0.2) is 22.2 Å². The summed E-state index contributed by atoms with van der Waals surface area (Å²) >= 11 is 0. The minimum Gasteiger partial charge on any atom is -0.481 e. The van der Waals surface area contributed by atoms with Gasteiger partial charge in [0.05, 0.1) is 6.54 Å². The second kappa shape index (κ2) is 7.82. The minimum absolute atomic E-state index is 0.217. The Morgan fingerprint density at radius 2 is 2.12 bits per heavy atom. The fourth-order valence-electron chi connectivity index (χ4n) is 2.44. The highest BCUT2D eigenvalue weighted by Crippen LogP contribution is 2.21. The Kier molecular flexibility index (Phi) is 5.31. The number of pyridine rings is 1. The number of hydrogen-bond acceptors (Lipinski definition) is 5. The molecule has 1 unspecified atom stereocenters. The molecule has 0 aliphatic carbocycles. The molecule has 1 atom stereocenters. The molecule has 26 heavy (non-hydrogen) atoms. The molecule has 0 fully saturated rings. The zero-order valence-electron chi connectivity index (χ0n) is 15.0. The lowest BCUT2D eigenvalue weighted by Gasteiger charge is -2.16. The highest BCUT2D eigenvalue weighted by atomic mass is 16.5. The van der Waals surface area contributed by atoms with Crippen LogP contribution in [0.3, 0.4) is 0 Å². The van der Waals surface area contributed by atoms with Gasteiger partial charge in [-0.15, -0.1) is 0 Å². The van der Waals surface area contributed by atoms with Crippen LogP contribution in [0.5, 0.6) is 5.75 Å². The van der Waals surface area contributed by atoms with Crippen molar-refractivity contribution in [1.82, 2.24) is 15.5 Å². The number of carbonyl (C=O) groups excluding carboxylic acids is 1. The first-order valence-corrected chi connectivity index (χ1v) is 8.40. The smallest absolute Gasteiger partial charge is 0.261 e. The second-order valence-electron chi connectivity index (χ2n) is 6.17. The molecule has 2 aromatic heterocycles. The van der Waals surface area contributed by atoms with Crippen LogP contribution in [-0.2, 0) is 11.3 Å². The molecule has 3 aromatic rings. The molecule has 1 N–H and O–H groups in total. The van der Waals surface area contributed by atoms with Gasteiger partial charge in [0.2, 0.25) is 0 Å². The normalized spacial score (nSPS) is 11.8. The number of amides is 1. The summed E-state index contributed by atoms with van der Waals surface area (Å²) in [6.45, 7) is 5.90. The second-order valence-corrected chi connectivity index (χ2v) is 6.17. The molecular formula is C20H21N3O3. The number of hydrogen-bond donors (Lipinski definition) is 1. The van der Waals surface area contributed by atoms with E-state index in [1.807, 2.05) is 44.2 Å². The summed E-state index contributed by atoms with van der Waals surface area (Å²) in [7, 11) is 0. The van der Waals surface area contributed by atoms with Crippen LogP contribution < -0.4 is 10.1 Å². The molecule has 0 aliphatic heterocycles. The molecule has 0 saturated carbocycles. The van der Waals surface area contributed by atoms with Gasteiger partial charge in [0.1, 0.15) is 11.4 Å². The lowest BCUT2D eigenvalue weighted by atomic mass is 10.1. The molecule has 0 radical (unpaired) electrons. The molecule has 134 valence electrons. The minimum atomic E-state index is -0.615. The van der Waals surface area contributed by atoms with E-state index in [-0.39, 0.29) is 12.5 Å².